The Hall–Kier alpha value is -1.38. The number of methoxy groups -OCH3 is 1. The predicted molar refractivity (Wildman–Crippen MR) is 53.2 cm³/mol. The van der Waals surface area contributed by atoms with Crippen molar-refractivity contribution in [1.82, 2.24) is 0 Å². The molecule has 3 heteroatoms. The van der Waals surface area contributed by atoms with Crippen LogP contribution in [0.5, 0.6) is 11.5 Å². The molecule has 1 rings (SSSR count). The van der Waals surface area contributed by atoms with E-state index in [2.05, 4.69) is 6.92 Å². The van der Waals surface area contributed by atoms with Crippen molar-refractivity contribution in [3.05, 3.63) is 18.2 Å². The molecule has 1 aromatic rings. The van der Waals surface area contributed by atoms with Crippen molar-refractivity contribution in [3.8, 4) is 11.5 Å². The first-order valence-corrected chi connectivity index (χ1v) is 4.34. The fourth-order valence-electron chi connectivity index (χ4n) is 1.00. The summed E-state index contributed by atoms with van der Waals surface area (Å²) in [6, 6.07) is 5.42. The molecule has 13 heavy (non-hydrogen) atoms. The molecule has 72 valence electrons. The molecule has 0 fully saturated rings. The summed E-state index contributed by atoms with van der Waals surface area (Å²) in [4.78, 5) is 0. The lowest BCUT2D eigenvalue weighted by molar-refractivity contribution is 0.315. The lowest BCUT2D eigenvalue weighted by Crippen LogP contribution is -1.97. The Bertz CT molecular complexity index is 274. The zero-order valence-corrected chi connectivity index (χ0v) is 8.04. The molecule has 2 N–H and O–H groups in total. The van der Waals surface area contributed by atoms with E-state index >= 15 is 0 Å². The largest absolute Gasteiger partial charge is 0.494 e. The van der Waals surface area contributed by atoms with Gasteiger partial charge in [0.25, 0.3) is 0 Å². The molecular weight excluding hydrogens is 166 g/mol. The minimum absolute atomic E-state index is 0.631. The third-order valence-electron chi connectivity index (χ3n) is 1.68. The van der Waals surface area contributed by atoms with Crippen LogP contribution in [0.25, 0.3) is 0 Å². The average molecular weight is 181 g/mol. The van der Waals surface area contributed by atoms with E-state index in [9.17, 15) is 0 Å². The smallest absolute Gasteiger partial charge is 0.145 e. The number of benzene rings is 1. The van der Waals surface area contributed by atoms with Gasteiger partial charge >= 0.3 is 0 Å². The van der Waals surface area contributed by atoms with E-state index < -0.39 is 0 Å². The Morgan fingerprint density at radius 2 is 2.15 bits per heavy atom. The monoisotopic (exact) mass is 181 g/mol. The van der Waals surface area contributed by atoms with Crippen LogP contribution in [0.15, 0.2) is 18.2 Å². The standard InChI is InChI=1S/C10H15NO2/c1-3-6-13-8-4-5-9(11)10(7-8)12-2/h4-5,7H,3,6,11H2,1-2H3. The predicted octanol–water partition coefficient (Wildman–Crippen LogP) is 2.07. The lowest BCUT2D eigenvalue weighted by atomic mass is 10.3. The first kappa shape index (κ1) is 9.71. The molecule has 0 saturated heterocycles. The van der Waals surface area contributed by atoms with Crippen LogP contribution in [0.3, 0.4) is 0 Å². The zero-order valence-electron chi connectivity index (χ0n) is 8.04. The Labute approximate surface area is 78.5 Å². The van der Waals surface area contributed by atoms with Crippen molar-refractivity contribution in [2.75, 3.05) is 19.5 Å². The van der Waals surface area contributed by atoms with Gasteiger partial charge in [0.05, 0.1) is 19.4 Å². The van der Waals surface area contributed by atoms with E-state index in [-0.39, 0.29) is 0 Å². The molecule has 0 radical (unpaired) electrons. The SMILES string of the molecule is CCCOc1ccc(N)c(OC)c1. The van der Waals surface area contributed by atoms with E-state index in [1.807, 2.05) is 6.07 Å². The molecule has 0 aliphatic carbocycles. The minimum atomic E-state index is 0.631. The number of nitrogen functional groups attached to an aromatic ring is 1. The number of ether oxygens (including phenoxy) is 2. The topological polar surface area (TPSA) is 44.5 Å². The Morgan fingerprint density at radius 1 is 1.38 bits per heavy atom. The molecule has 1 aromatic carbocycles. The second kappa shape index (κ2) is 4.60. The van der Waals surface area contributed by atoms with Crippen LogP contribution in [0, 0.1) is 0 Å². The van der Waals surface area contributed by atoms with Gasteiger partial charge in [-0.25, -0.2) is 0 Å². The van der Waals surface area contributed by atoms with E-state index in [4.69, 9.17) is 15.2 Å². The van der Waals surface area contributed by atoms with E-state index in [1.54, 1.807) is 19.2 Å². The molecule has 0 heterocycles. The highest BCUT2D eigenvalue weighted by molar-refractivity contribution is 5.55. The van der Waals surface area contributed by atoms with Crippen molar-refractivity contribution in [2.45, 2.75) is 13.3 Å². The van der Waals surface area contributed by atoms with Gasteiger partial charge in [-0.2, -0.15) is 0 Å². The minimum Gasteiger partial charge on any atom is -0.494 e. The number of hydrogen-bond acceptors (Lipinski definition) is 3. The first-order chi connectivity index (χ1) is 6.27. The number of nitrogens with two attached hydrogens (primary N) is 1. The maximum absolute atomic E-state index is 5.65. The Kier molecular flexibility index (Phi) is 3.43. The molecule has 0 bridgehead atoms. The lowest BCUT2D eigenvalue weighted by Gasteiger charge is -2.08. The molecular formula is C10H15NO2. The van der Waals surface area contributed by atoms with Gasteiger partial charge in [0.2, 0.25) is 0 Å². The van der Waals surface area contributed by atoms with Crippen LogP contribution >= 0.6 is 0 Å². The Balaban J connectivity index is 2.74. The van der Waals surface area contributed by atoms with E-state index in [0.717, 1.165) is 12.2 Å². The third-order valence-corrected chi connectivity index (χ3v) is 1.68. The van der Waals surface area contributed by atoms with Crippen molar-refractivity contribution in [3.63, 3.8) is 0 Å². The number of hydrogen-bond donors (Lipinski definition) is 1. The van der Waals surface area contributed by atoms with Gasteiger partial charge in [-0.05, 0) is 18.6 Å². The van der Waals surface area contributed by atoms with Crippen LogP contribution < -0.4 is 15.2 Å². The van der Waals surface area contributed by atoms with Gasteiger partial charge in [-0.15, -0.1) is 0 Å². The van der Waals surface area contributed by atoms with Crippen LogP contribution in [-0.4, -0.2) is 13.7 Å². The molecule has 0 aliphatic heterocycles. The number of anilines is 1. The summed E-state index contributed by atoms with van der Waals surface area (Å²) in [6.07, 6.45) is 0.993. The van der Waals surface area contributed by atoms with Crippen molar-refractivity contribution >= 4 is 5.69 Å². The van der Waals surface area contributed by atoms with Gasteiger partial charge < -0.3 is 15.2 Å². The van der Waals surface area contributed by atoms with Gasteiger partial charge in [0.1, 0.15) is 11.5 Å². The van der Waals surface area contributed by atoms with Crippen molar-refractivity contribution in [1.29, 1.82) is 0 Å². The van der Waals surface area contributed by atoms with Crippen LogP contribution in [0.2, 0.25) is 0 Å². The van der Waals surface area contributed by atoms with Gasteiger partial charge in [-0.1, -0.05) is 6.92 Å². The highest BCUT2D eigenvalue weighted by atomic mass is 16.5. The molecule has 0 amide bonds. The van der Waals surface area contributed by atoms with Gasteiger partial charge in [0.15, 0.2) is 0 Å². The van der Waals surface area contributed by atoms with Gasteiger partial charge in [-0.3, -0.25) is 0 Å². The fraction of sp³-hybridized carbons (Fsp3) is 0.400. The van der Waals surface area contributed by atoms with Crippen molar-refractivity contribution < 1.29 is 9.47 Å². The van der Waals surface area contributed by atoms with Crippen LogP contribution in [0.1, 0.15) is 13.3 Å². The summed E-state index contributed by atoms with van der Waals surface area (Å²) < 4.78 is 10.5. The average Bonchev–Trinajstić information content (AvgIpc) is 2.16. The van der Waals surface area contributed by atoms with Crippen LogP contribution in [0.4, 0.5) is 5.69 Å². The normalized spacial score (nSPS) is 9.69. The van der Waals surface area contributed by atoms with Gasteiger partial charge in [0, 0.05) is 6.07 Å². The van der Waals surface area contributed by atoms with E-state index in [0.29, 0.717) is 18.0 Å². The molecule has 0 spiro atoms. The zero-order chi connectivity index (χ0) is 9.68. The summed E-state index contributed by atoms with van der Waals surface area (Å²) in [5.74, 6) is 1.46. The molecule has 0 saturated carbocycles. The maximum atomic E-state index is 5.65. The van der Waals surface area contributed by atoms with Crippen LogP contribution in [-0.2, 0) is 0 Å². The summed E-state index contributed by atoms with van der Waals surface area (Å²) in [5, 5.41) is 0. The quantitative estimate of drug-likeness (QED) is 0.723. The Morgan fingerprint density at radius 3 is 2.77 bits per heavy atom. The maximum Gasteiger partial charge on any atom is 0.145 e. The fourth-order valence-corrected chi connectivity index (χ4v) is 1.00. The molecule has 0 atom stereocenters. The molecule has 3 nitrogen and oxygen atoms in total. The molecule has 0 unspecified atom stereocenters. The molecule has 0 aromatic heterocycles. The van der Waals surface area contributed by atoms with Crippen molar-refractivity contribution in [2.24, 2.45) is 0 Å². The summed E-state index contributed by atoms with van der Waals surface area (Å²) >= 11 is 0. The second-order valence-corrected chi connectivity index (χ2v) is 2.75. The summed E-state index contributed by atoms with van der Waals surface area (Å²) in [6.45, 7) is 2.78. The number of rotatable bonds is 4. The second-order valence-electron chi connectivity index (χ2n) is 2.75. The third kappa shape index (κ3) is 2.54. The van der Waals surface area contributed by atoms with E-state index in [1.165, 1.54) is 0 Å². The highest BCUT2D eigenvalue weighted by Crippen LogP contribution is 2.26. The summed E-state index contributed by atoms with van der Waals surface area (Å²) in [7, 11) is 1.59. The first-order valence-electron chi connectivity index (χ1n) is 4.34. The highest BCUT2D eigenvalue weighted by Gasteiger charge is 2.00. The summed E-state index contributed by atoms with van der Waals surface area (Å²) in [5.41, 5.74) is 6.28. The molecule has 0 aliphatic rings.